The summed E-state index contributed by atoms with van der Waals surface area (Å²) >= 11 is 0. The number of piperidine rings is 1. The third-order valence-corrected chi connectivity index (χ3v) is 4.81. The molecule has 2 rings (SSSR count). The van der Waals surface area contributed by atoms with Crippen molar-refractivity contribution in [1.29, 1.82) is 0 Å². The molecule has 0 bridgehead atoms. The second-order valence-corrected chi connectivity index (χ2v) is 6.42. The Bertz CT molecular complexity index is 348. The Morgan fingerprint density at radius 2 is 1.57 bits per heavy atom. The monoisotopic (exact) mass is 295 g/mol. The van der Waals surface area contributed by atoms with Crippen molar-refractivity contribution in [1.82, 2.24) is 4.90 Å². The minimum Gasteiger partial charge on any atom is -0.466 e. The van der Waals surface area contributed by atoms with Gasteiger partial charge in [0.15, 0.2) is 0 Å². The summed E-state index contributed by atoms with van der Waals surface area (Å²) in [6.07, 6.45) is 10.0. The van der Waals surface area contributed by atoms with Gasteiger partial charge in [0.1, 0.15) is 0 Å². The molecule has 0 unspecified atom stereocenters. The van der Waals surface area contributed by atoms with E-state index in [1.54, 1.807) is 0 Å². The molecule has 4 nitrogen and oxygen atoms in total. The van der Waals surface area contributed by atoms with Gasteiger partial charge in [0.25, 0.3) is 0 Å². The van der Waals surface area contributed by atoms with Crippen LogP contribution in [0.1, 0.15) is 64.7 Å². The SMILES string of the molecule is CCOC(=O)[C@H]1CCCN(C(=O)C2CCCCCCC2)C1. The minimum absolute atomic E-state index is 0.115. The molecule has 21 heavy (non-hydrogen) atoms. The van der Waals surface area contributed by atoms with Crippen LogP contribution in [0.25, 0.3) is 0 Å². The van der Waals surface area contributed by atoms with E-state index in [1.807, 2.05) is 11.8 Å². The second-order valence-electron chi connectivity index (χ2n) is 6.42. The highest BCUT2D eigenvalue weighted by Crippen LogP contribution is 2.26. The van der Waals surface area contributed by atoms with Gasteiger partial charge in [-0.25, -0.2) is 0 Å². The lowest BCUT2D eigenvalue weighted by atomic mass is 9.89. The number of hydrogen-bond donors (Lipinski definition) is 0. The Hall–Kier alpha value is -1.06. The van der Waals surface area contributed by atoms with Gasteiger partial charge >= 0.3 is 5.97 Å². The topological polar surface area (TPSA) is 46.6 Å². The first-order chi connectivity index (χ1) is 10.2. The molecule has 1 atom stereocenters. The lowest BCUT2D eigenvalue weighted by Gasteiger charge is -2.34. The lowest BCUT2D eigenvalue weighted by molar-refractivity contribution is -0.152. The number of carbonyl (C=O) groups is 2. The van der Waals surface area contributed by atoms with E-state index in [-0.39, 0.29) is 23.7 Å². The zero-order valence-corrected chi connectivity index (χ0v) is 13.3. The van der Waals surface area contributed by atoms with Crippen molar-refractivity contribution < 1.29 is 14.3 Å². The van der Waals surface area contributed by atoms with Gasteiger partial charge in [0.2, 0.25) is 5.91 Å². The molecular formula is C17H29NO3. The molecule has 0 aromatic rings. The lowest BCUT2D eigenvalue weighted by Crippen LogP contribution is -2.45. The van der Waals surface area contributed by atoms with Gasteiger partial charge in [-0.1, -0.05) is 32.1 Å². The van der Waals surface area contributed by atoms with E-state index < -0.39 is 0 Å². The average Bonchev–Trinajstić information content (AvgIpc) is 2.47. The zero-order chi connectivity index (χ0) is 15.1. The number of likely N-dealkylation sites (tertiary alicyclic amines) is 1. The van der Waals surface area contributed by atoms with E-state index in [4.69, 9.17) is 4.74 Å². The van der Waals surface area contributed by atoms with E-state index in [0.717, 1.165) is 32.2 Å². The maximum atomic E-state index is 12.7. The van der Waals surface area contributed by atoms with E-state index in [0.29, 0.717) is 13.2 Å². The molecule has 4 heteroatoms. The van der Waals surface area contributed by atoms with Gasteiger partial charge in [0.05, 0.1) is 12.5 Å². The first-order valence-corrected chi connectivity index (χ1v) is 8.67. The van der Waals surface area contributed by atoms with Crippen LogP contribution >= 0.6 is 0 Å². The summed E-state index contributed by atoms with van der Waals surface area (Å²) in [4.78, 5) is 26.5. The molecule has 0 radical (unpaired) electrons. The quantitative estimate of drug-likeness (QED) is 0.751. The minimum atomic E-state index is -0.132. The van der Waals surface area contributed by atoms with Crippen LogP contribution in [0.15, 0.2) is 0 Å². The van der Waals surface area contributed by atoms with Crippen molar-refractivity contribution in [3.8, 4) is 0 Å². The third-order valence-electron chi connectivity index (χ3n) is 4.81. The van der Waals surface area contributed by atoms with Gasteiger partial charge in [-0.05, 0) is 32.6 Å². The van der Waals surface area contributed by atoms with E-state index in [9.17, 15) is 9.59 Å². The number of esters is 1. The largest absolute Gasteiger partial charge is 0.466 e. The normalized spacial score (nSPS) is 25.0. The first kappa shape index (κ1) is 16.3. The third kappa shape index (κ3) is 4.72. The van der Waals surface area contributed by atoms with E-state index in [2.05, 4.69) is 0 Å². The Labute approximate surface area is 128 Å². The summed E-state index contributed by atoms with van der Waals surface area (Å²) in [6, 6.07) is 0. The van der Waals surface area contributed by atoms with Crippen LogP contribution in [-0.2, 0) is 14.3 Å². The number of rotatable bonds is 3. The predicted molar refractivity (Wildman–Crippen MR) is 81.7 cm³/mol. The number of ether oxygens (including phenoxy) is 1. The zero-order valence-electron chi connectivity index (χ0n) is 13.3. The van der Waals surface area contributed by atoms with Gasteiger partial charge in [-0.3, -0.25) is 9.59 Å². The molecule has 2 aliphatic rings. The smallest absolute Gasteiger partial charge is 0.310 e. The first-order valence-electron chi connectivity index (χ1n) is 8.67. The van der Waals surface area contributed by atoms with Crippen molar-refractivity contribution in [2.45, 2.75) is 64.7 Å². The molecule has 1 saturated carbocycles. The summed E-state index contributed by atoms with van der Waals surface area (Å²) in [5, 5.41) is 0. The molecule has 0 aromatic heterocycles. The molecular weight excluding hydrogens is 266 g/mol. The Morgan fingerprint density at radius 1 is 0.952 bits per heavy atom. The Morgan fingerprint density at radius 3 is 2.24 bits per heavy atom. The van der Waals surface area contributed by atoms with Crippen molar-refractivity contribution in [3.05, 3.63) is 0 Å². The second kappa shape index (κ2) is 8.40. The number of carbonyl (C=O) groups excluding carboxylic acids is 2. The van der Waals surface area contributed by atoms with Crippen molar-refractivity contribution >= 4 is 11.9 Å². The highest BCUT2D eigenvalue weighted by atomic mass is 16.5. The number of nitrogens with zero attached hydrogens (tertiary/aromatic N) is 1. The number of hydrogen-bond acceptors (Lipinski definition) is 3. The van der Waals surface area contributed by atoms with Crippen molar-refractivity contribution in [3.63, 3.8) is 0 Å². The molecule has 1 heterocycles. The van der Waals surface area contributed by atoms with Crippen LogP contribution in [-0.4, -0.2) is 36.5 Å². The molecule has 0 N–H and O–H groups in total. The summed E-state index contributed by atoms with van der Waals surface area (Å²) < 4.78 is 5.11. The van der Waals surface area contributed by atoms with Crippen molar-refractivity contribution in [2.75, 3.05) is 19.7 Å². The van der Waals surface area contributed by atoms with Crippen LogP contribution in [0.2, 0.25) is 0 Å². The van der Waals surface area contributed by atoms with Crippen molar-refractivity contribution in [2.24, 2.45) is 11.8 Å². The maximum absolute atomic E-state index is 12.7. The van der Waals surface area contributed by atoms with E-state index >= 15 is 0 Å². The molecule has 2 fully saturated rings. The molecule has 120 valence electrons. The summed E-state index contributed by atoms with van der Waals surface area (Å²) in [5.74, 6) is 0.223. The Balaban J connectivity index is 1.89. The number of amides is 1. The standard InChI is InChI=1S/C17H29NO3/c1-2-21-17(20)15-11-8-12-18(13-15)16(19)14-9-6-4-3-5-7-10-14/h14-15H,2-13H2,1H3/t15-/m0/s1. The fourth-order valence-corrected chi connectivity index (χ4v) is 3.59. The molecule has 1 aliphatic carbocycles. The van der Waals surface area contributed by atoms with Crippen LogP contribution in [0.5, 0.6) is 0 Å². The van der Waals surface area contributed by atoms with Crippen LogP contribution in [0.4, 0.5) is 0 Å². The maximum Gasteiger partial charge on any atom is 0.310 e. The predicted octanol–water partition coefficient (Wildman–Crippen LogP) is 3.15. The highest BCUT2D eigenvalue weighted by molar-refractivity contribution is 5.80. The average molecular weight is 295 g/mol. The summed E-state index contributed by atoms with van der Waals surface area (Å²) in [6.45, 7) is 3.63. The van der Waals surface area contributed by atoms with Crippen LogP contribution < -0.4 is 0 Å². The van der Waals surface area contributed by atoms with Gasteiger partial charge < -0.3 is 9.64 Å². The van der Waals surface area contributed by atoms with Crippen LogP contribution in [0, 0.1) is 11.8 Å². The van der Waals surface area contributed by atoms with E-state index in [1.165, 1.54) is 32.1 Å². The summed E-state index contributed by atoms with van der Waals surface area (Å²) in [5.41, 5.74) is 0. The highest BCUT2D eigenvalue weighted by Gasteiger charge is 2.32. The molecule has 1 aliphatic heterocycles. The Kier molecular flexibility index (Phi) is 6.52. The van der Waals surface area contributed by atoms with Gasteiger partial charge in [-0.2, -0.15) is 0 Å². The molecule has 0 spiro atoms. The molecule has 1 saturated heterocycles. The fourth-order valence-electron chi connectivity index (χ4n) is 3.59. The molecule has 1 amide bonds. The fraction of sp³-hybridized carbons (Fsp3) is 0.882. The molecule has 0 aromatic carbocycles. The summed E-state index contributed by atoms with van der Waals surface area (Å²) in [7, 11) is 0. The van der Waals surface area contributed by atoms with Crippen LogP contribution in [0.3, 0.4) is 0 Å². The van der Waals surface area contributed by atoms with Gasteiger partial charge in [-0.15, -0.1) is 0 Å². The van der Waals surface area contributed by atoms with Gasteiger partial charge in [0, 0.05) is 19.0 Å².